The molecule has 1 rings (SSSR count). The molecule has 0 saturated carbocycles. The highest BCUT2D eigenvalue weighted by Crippen LogP contribution is 2.15. The predicted molar refractivity (Wildman–Crippen MR) is 68.8 cm³/mol. The molecule has 1 aliphatic rings. The van der Waals surface area contributed by atoms with Crippen LogP contribution < -0.4 is 5.32 Å². The van der Waals surface area contributed by atoms with Gasteiger partial charge in [0.1, 0.15) is 0 Å². The van der Waals surface area contributed by atoms with E-state index in [0.717, 1.165) is 6.61 Å². The van der Waals surface area contributed by atoms with Crippen LogP contribution in [0.4, 0.5) is 0 Å². The Morgan fingerprint density at radius 3 is 2.75 bits per heavy atom. The lowest BCUT2D eigenvalue weighted by Crippen LogP contribution is -2.51. The number of hydrogen-bond acceptors (Lipinski definition) is 3. The fraction of sp³-hybridized carbons (Fsp3) is 1.00. The highest BCUT2D eigenvalue weighted by Gasteiger charge is 2.24. The molecule has 1 saturated heterocycles. The fourth-order valence-corrected chi connectivity index (χ4v) is 2.62. The summed E-state index contributed by atoms with van der Waals surface area (Å²) in [4.78, 5) is 2.59. The normalized spacial score (nSPS) is 24.9. The molecule has 0 bridgehead atoms. The first-order chi connectivity index (χ1) is 7.67. The standard InChI is InChI=1S/C13H28N2O/c1-5-13(10-16-4)15-8-6-7-12(9-15)14-11(2)3/h11-14H,5-10H2,1-4H3. The molecule has 2 atom stereocenters. The predicted octanol–water partition coefficient (Wildman–Crippen LogP) is 1.87. The Morgan fingerprint density at radius 2 is 2.19 bits per heavy atom. The topological polar surface area (TPSA) is 24.5 Å². The Balaban J connectivity index is 2.41. The van der Waals surface area contributed by atoms with Gasteiger partial charge in [0.05, 0.1) is 6.61 Å². The Morgan fingerprint density at radius 1 is 1.44 bits per heavy atom. The van der Waals surface area contributed by atoms with E-state index in [0.29, 0.717) is 18.1 Å². The van der Waals surface area contributed by atoms with Crippen LogP contribution in [-0.2, 0) is 4.74 Å². The lowest BCUT2D eigenvalue weighted by Gasteiger charge is -2.38. The molecule has 0 spiro atoms. The van der Waals surface area contributed by atoms with Gasteiger partial charge in [0.15, 0.2) is 0 Å². The molecule has 3 heteroatoms. The SMILES string of the molecule is CCC(COC)N1CCCC(NC(C)C)C1. The zero-order valence-electron chi connectivity index (χ0n) is 11.3. The first-order valence-electron chi connectivity index (χ1n) is 6.66. The second-order valence-corrected chi connectivity index (χ2v) is 5.17. The summed E-state index contributed by atoms with van der Waals surface area (Å²) in [5.74, 6) is 0. The number of rotatable bonds is 6. The molecule has 1 N–H and O–H groups in total. The summed E-state index contributed by atoms with van der Waals surface area (Å²) in [6, 6.07) is 1.86. The molecule has 16 heavy (non-hydrogen) atoms. The lowest BCUT2D eigenvalue weighted by molar-refractivity contribution is 0.0634. The van der Waals surface area contributed by atoms with Crippen molar-refractivity contribution in [1.29, 1.82) is 0 Å². The smallest absolute Gasteiger partial charge is 0.0617 e. The van der Waals surface area contributed by atoms with Gasteiger partial charge in [-0.2, -0.15) is 0 Å². The third-order valence-electron chi connectivity index (χ3n) is 3.37. The molecular weight excluding hydrogens is 200 g/mol. The lowest BCUT2D eigenvalue weighted by atomic mass is 10.0. The van der Waals surface area contributed by atoms with Crippen molar-refractivity contribution in [3.8, 4) is 0 Å². The van der Waals surface area contributed by atoms with Gasteiger partial charge < -0.3 is 10.1 Å². The minimum absolute atomic E-state index is 0.590. The molecule has 0 aromatic rings. The number of methoxy groups -OCH3 is 1. The molecule has 0 aromatic carbocycles. The Labute approximate surface area is 101 Å². The number of piperidine rings is 1. The second kappa shape index (κ2) is 7.25. The van der Waals surface area contributed by atoms with E-state index in [-0.39, 0.29) is 0 Å². The van der Waals surface area contributed by atoms with E-state index < -0.39 is 0 Å². The van der Waals surface area contributed by atoms with Gasteiger partial charge in [0, 0.05) is 31.8 Å². The maximum atomic E-state index is 5.30. The fourth-order valence-electron chi connectivity index (χ4n) is 2.62. The van der Waals surface area contributed by atoms with Crippen molar-refractivity contribution in [2.75, 3.05) is 26.8 Å². The van der Waals surface area contributed by atoms with Crippen LogP contribution >= 0.6 is 0 Å². The first kappa shape index (κ1) is 13.9. The molecule has 0 aromatic heterocycles. The number of hydrogen-bond donors (Lipinski definition) is 1. The van der Waals surface area contributed by atoms with E-state index in [1.54, 1.807) is 7.11 Å². The third kappa shape index (κ3) is 4.40. The van der Waals surface area contributed by atoms with Gasteiger partial charge in [-0.3, -0.25) is 4.90 Å². The zero-order chi connectivity index (χ0) is 12.0. The van der Waals surface area contributed by atoms with Crippen molar-refractivity contribution in [3.63, 3.8) is 0 Å². The molecule has 1 fully saturated rings. The summed E-state index contributed by atoms with van der Waals surface area (Å²) in [5, 5.41) is 3.65. The average molecular weight is 228 g/mol. The van der Waals surface area contributed by atoms with Gasteiger partial charge in [-0.25, -0.2) is 0 Å². The molecular formula is C13H28N2O. The van der Waals surface area contributed by atoms with E-state index >= 15 is 0 Å². The van der Waals surface area contributed by atoms with E-state index in [9.17, 15) is 0 Å². The van der Waals surface area contributed by atoms with Gasteiger partial charge in [-0.15, -0.1) is 0 Å². The van der Waals surface area contributed by atoms with Crippen molar-refractivity contribution < 1.29 is 4.74 Å². The maximum absolute atomic E-state index is 5.30. The molecule has 2 unspecified atom stereocenters. The summed E-state index contributed by atoms with van der Waals surface area (Å²) in [6.45, 7) is 9.99. The minimum Gasteiger partial charge on any atom is -0.383 e. The average Bonchev–Trinajstić information content (AvgIpc) is 2.25. The molecule has 96 valence electrons. The summed E-state index contributed by atoms with van der Waals surface area (Å²) in [7, 11) is 1.80. The van der Waals surface area contributed by atoms with Crippen LogP contribution in [0, 0.1) is 0 Å². The summed E-state index contributed by atoms with van der Waals surface area (Å²) in [5.41, 5.74) is 0. The zero-order valence-corrected chi connectivity index (χ0v) is 11.3. The van der Waals surface area contributed by atoms with Crippen molar-refractivity contribution in [2.24, 2.45) is 0 Å². The molecule has 0 radical (unpaired) electrons. The Bertz CT molecular complexity index is 185. The van der Waals surface area contributed by atoms with Gasteiger partial charge in [-0.1, -0.05) is 20.8 Å². The van der Waals surface area contributed by atoms with Crippen LogP contribution in [-0.4, -0.2) is 49.8 Å². The molecule has 1 heterocycles. The van der Waals surface area contributed by atoms with Crippen LogP contribution in [0.25, 0.3) is 0 Å². The molecule has 0 amide bonds. The minimum atomic E-state index is 0.590. The quantitative estimate of drug-likeness (QED) is 0.751. The Hall–Kier alpha value is -0.120. The summed E-state index contributed by atoms with van der Waals surface area (Å²) < 4.78 is 5.30. The van der Waals surface area contributed by atoms with Crippen molar-refractivity contribution >= 4 is 0 Å². The highest BCUT2D eigenvalue weighted by atomic mass is 16.5. The van der Waals surface area contributed by atoms with Gasteiger partial charge in [0.25, 0.3) is 0 Å². The van der Waals surface area contributed by atoms with Crippen molar-refractivity contribution in [1.82, 2.24) is 10.2 Å². The largest absolute Gasteiger partial charge is 0.383 e. The maximum Gasteiger partial charge on any atom is 0.0617 e. The highest BCUT2D eigenvalue weighted by molar-refractivity contribution is 4.83. The van der Waals surface area contributed by atoms with E-state index in [1.165, 1.54) is 32.4 Å². The summed E-state index contributed by atoms with van der Waals surface area (Å²) in [6.07, 6.45) is 3.81. The summed E-state index contributed by atoms with van der Waals surface area (Å²) >= 11 is 0. The number of ether oxygens (including phenoxy) is 1. The number of nitrogens with zero attached hydrogens (tertiary/aromatic N) is 1. The van der Waals surface area contributed by atoms with Crippen molar-refractivity contribution in [3.05, 3.63) is 0 Å². The number of likely N-dealkylation sites (tertiary alicyclic amines) is 1. The van der Waals surface area contributed by atoms with Gasteiger partial charge in [0.2, 0.25) is 0 Å². The van der Waals surface area contributed by atoms with Crippen LogP contribution in [0.2, 0.25) is 0 Å². The van der Waals surface area contributed by atoms with E-state index in [1.807, 2.05) is 0 Å². The molecule has 1 aliphatic heterocycles. The van der Waals surface area contributed by atoms with Crippen LogP contribution in [0.5, 0.6) is 0 Å². The van der Waals surface area contributed by atoms with E-state index in [4.69, 9.17) is 4.74 Å². The van der Waals surface area contributed by atoms with Gasteiger partial charge in [-0.05, 0) is 25.8 Å². The van der Waals surface area contributed by atoms with E-state index in [2.05, 4.69) is 31.0 Å². The molecule has 3 nitrogen and oxygen atoms in total. The molecule has 0 aliphatic carbocycles. The third-order valence-corrected chi connectivity index (χ3v) is 3.37. The number of nitrogens with one attached hydrogen (secondary N) is 1. The first-order valence-corrected chi connectivity index (χ1v) is 6.66. The van der Waals surface area contributed by atoms with Crippen molar-refractivity contribution in [2.45, 2.75) is 58.2 Å². The van der Waals surface area contributed by atoms with Crippen LogP contribution in [0.15, 0.2) is 0 Å². The Kier molecular flexibility index (Phi) is 6.32. The van der Waals surface area contributed by atoms with Crippen LogP contribution in [0.1, 0.15) is 40.0 Å². The monoisotopic (exact) mass is 228 g/mol. The van der Waals surface area contributed by atoms with Gasteiger partial charge >= 0.3 is 0 Å². The van der Waals surface area contributed by atoms with Crippen LogP contribution in [0.3, 0.4) is 0 Å². The second-order valence-electron chi connectivity index (χ2n) is 5.17.